The molecule has 8 heteroatoms. The van der Waals surface area contributed by atoms with Crippen LogP contribution in [-0.2, 0) is 10.0 Å². The van der Waals surface area contributed by atoms with E-state index >= 15 is 0 Å². The van der Waals surface area contributed by atoms with Crippen molar-refractivity contribution in [1.29, 1.82) is 0 Å². The van der Waals surface area contributed by atoms with Gasteiger partial charge >= 0.3 is 0 Å². The Hall–Kier alpha value is -2.58. The Kier molecular flexibility index (Phi) is 6.86. The minimum Gasteiger partial charge on any atom is -0.493 e. The molecule has 0 aliphatic carbocycles. The van der Waals surface area contributed by atoms with Gasteiger partial charge in [0.25, 0.3) is 5.91 Å². The quantitative estimate of drug-likeness (QED) is 0.684. The number of sulfonamides is 1. The number of amides is 1. The van der Waals surface area contributed by atoms with Crippen LogP contribution in [0.2, 0.25) is 0 Å². The highest BCUT2D eigenvalue weighted by Crippen LogP contribution is 2.32. The summed E-state index contributed by atoms with van der Waals surface area (Å²) in [7, 11) is -0.597. The van der Waals surface area contributed by atoms with Crippen LogP contribution in [0.25, 0.3) is 0 Å². The van der Waals surface area contributed by atoms with Crippen molar-refractivity contribution in [3.8, 4) is 11.5 Å². The van der Waals surface area contributed by atoms with E-state index in [0.29, 0.717) is 35.0 Å². The number of nitrogens with zero attached hydrogens (tertiary/aromatic N) is 2. The molecule has 0 N–H and O–H groups in total. The zero-order valence-corrected chi connectivity index (χ0v) is 20.7. The molecular formula is C24H32N2O5S. The van der Waals surface area contributed by atoms with Crippen molar-refractivity contribution in [2.45, 2.75) is 39.5 Å². The summed E-state index contributed by atoms with van der Waals surface area (Å²) in [4.78, 5) is 15.1. The molecule has 1 aliphatic heterocycles. The van der Waals surface area contributed by atoms with Gasteiger partial charge in [-0.1, -0.05) is 0 Å². The maximum Gasteiger partial charge on any atom is 0.254 e. The number of benzene rings is 2. The van der Waals surface area contributed by atoms with Crippen LogP contribution >= 0.6 is 0 Å². The van der Waals surface area contributed by atoms with Crippen LogP contribution in [0.1, 0.15) is 38.2 Å². The molecule has 7 nitrogen and oxygen atoms in total. The van der Waals surface area contributed by atoms with Gasteiger partial charge in [-0.25, -0.2) is 8.42 Å². The standard InChI is InChI=1S/C24H32N2O5S/c1-15-16(2)18(4)23(19(5)17(15)3)32(28,29)26-12-10-25(11-13-26)24(27)20-8-9-21(30-6)22(14-20)31-7/h8-9,14H,10-13H2,1-7H3. The van der Waals surface area contributed by atoms with Crippen LogP contribution in [0.4, 0.5) is 0 Å². The normalized spacial score (nSPS) is 15.0. The zero-order chi connectivity index (χ0) is 23.8. The van der Waals surface area contributed by atoms with Gasteiger partial charge in [0.1, 0.15) is 0 Å². The molecule has 0 aromatic heterocycles. The van der Waals surface area contributed by atoms with Crippen molar-refractivity contribution in [3.05, 3.63) is 51.6 Å². The second kappa shape index (κ2) is 9.11. The van der Waals surface area contributed by atoms with Gasteiger partial charge in [-0.15, -0.1) is 0 Å². The van der Waals surface area contributed by atoms with Gasteiger partial charge in [0.15, 0.2) is 11.5 Å². The predicted octanol–water partition coefficient (Wildman–Crippen LogP) is 3.39. The number of hydrogen-bond donors (Lipinski definition) is 0. The minimum atomic E-state index is -3.66. The van der Waals surface area contributed by atoms with Gasteiger partial charge < -0.3 is 14.4 Å². The summed E-state index contributed by atoms with van der Waals surface area (Å²) in [6.45, 7) is 10.9. The van der Waals surface area contributed by atoms with Crippen LogP contribution in [0.15, 0.2) is 23.1 Å². The van der Waals surface area contributed by atoms with E-state index in [1.165, 1.54) is 11.4 Å². The van der Waals surface area contributed by atoms with E-state index in [1.807, 2.05) is 34.6 Å². The first kappa shape index (κ1) is 24.1. The Bertz CT molecular complexity index is 1120. The molecule has 2 aromatic carbocycles. The van der Waals surface area contributed by atoms with Crippen molar-refractivity contribution in [2.75, 3.05) is 40.4 Å². The average molecular weight is 461 g/mol. The molecule has 0 unspecified atom stereocenters. The van der Waals surface area contributed by atoms with Crippen LogP contribution in [0, 0.1) is 34.6 Å². The average Bonchev–Trinajstić information content (AvgIpc) is 2.80. The summed E-state index contributed by atoms with van der Waals surface area (Å²) in [5.41, 5.74) is 5.23. The van der Waals surface area contributed by atoms with Gasteiger partial charge in [-0.3, -0.25) is 4.79 Å². The molecule has 1 amide bonds. The maximum absolute atomic E-state index is 13.5. The molecule has 0 atom stereocenters. The first-order valence-electron chi connectivity index (χ1n) is 10.6. The molecule has 174 valence electrons. The van der Waals surface area contributed by atoms with Gasteiger partial charge in [0.05, 0.1) is 19.1 Å². The number of methoxy groups -OCH3 is 2. The summed E-state index contributed by atoms with van der Waals surface area (Å²) < 4.78 is 39.1. The molecule has 0 saturated carbocycles. The molecule has 1 fully saturated rings. The fraction of sp³-hybridized carbons (Fsp3) is 0.458. The molecule has 0 radical (unpaired) electrons. The van der Waals surface area contributed by atoms with Gasteiger partial charge in [0.2, 0.25) is 10.0 Å². The molecule has 0 bridgehead atoms. The summed E-state index contributed by atoms with van der Waals surface area (Å²) in [6.07, 6.45) is 0. The molecule has 0 spiro atoms. The van der Waals surface area contributed by atoms with Crippen molar-refractivity contribution < 1.29 is 22.7 Å². The third kappa shape index (κ3) is 4.09. The van der Waals surface area contributed by atoms with Crippen molar-refractivity contribution in [2.24, 2.45) is 0 Å². The topological polar surface area (TPSA) is 76.2 Å². The van der Waals surface area contributed by atoms with Gasteiger partial charge in [-0.2, -0.15) is 4.31 Å². The van der Waals surface area contributed by atoms with Crippen LogP contribution in [0.3, 0.4) is 0 Å². The third-order valence-electron chi connectivity index (χ3n) is 6.69. The van der Waals surface area contributed by atoms with E-state index < -0.39 is 10.0 Å². The smallest absolute Gasteiger partial charge is 0.254 e. The highest BCUT2D eigenvalue weighted by atomic mass is 32.2. The minimum absolute atomic E-state index is 0.155. The van der Waals surface area contributed by atoms with Gasteiger partial charge in [-0.05, 0) is 80.6 Å². The molecule has 3 rings (SSSR count). The fourth-order valence-electron chi connectivity index (χ4n) is 4.26. The zero-order valence-electron chi connectivity index (χ0n) is 19.9. The Balaban J connectivity index is 1.81. The maximum atomic E-state index is 13.5. The highest BCUT2D eigenvalue weighted by Gasteiger charge is 2.33. The van der Waals surface area contributed by atoms with Crippen molar-refractivity contribution >= 4 is 15.9 Å². The second-order valence-electron chi connectivity index (χ2n) is 8.22. The van der Waals surface area contributed by atoms with Gasteiger partial charge in [0, 0.05) is 31.7 Å². The molecule has 32 heavy (non-hydrogen) atoms. The molecule has 2 aromatic rings. The number of rotatable bonds is 5. The molecule has 1 saturated heterocycles. The molecule has 1 aliphatic rings. The van der Waals surface area contributed by atoms with E-state index in [0.717, 1.165) is 27.8 Å². The van der Waals surface area contributed by atoms with E-state index in [4.69, 9.17) is 9.47 Å². The van der Waals surface area contributed by atoms with E-state index in [9.17, 15) is 13.2 Å². The lowest BCUT2D eigenvalue weighted by Crippen LogP contribution is -2.50. The Morgan fingerprint density at radius 2 is 1.28 bits per heavy atom. The monoisotopic (exact) mass is 460 g/mol. The van der Waals surface area contributed by atoms with Crippen molar-refractivity contribution in [1.82, 2.24) is 9.21 Å². The summed E-state index contributed by atoms with van der Waals surface area (Å²) in [6, 6.07) is 5.03. The lowest BCUT2D eigenvalue weighted by Gasteiger charge is -2.35. The molecular weight excluding hydrogens is 428 g/mol. The highest BCUT2D eigenvalue weighted by molar-refractivity contribution is 7.89. The first-order valence-corrected chi connectivity index (χ1v) is 12.1. The largest absolute Gasteiger partial charge is 0.493 e. The Morgan fingerprint density at radius 1 is 0.781 bits per heavy atom. The lowest BCUT2D eigenvalue weighted by molar-refractivity contribution is 0.0697. The molecule has 1 heterocycles. The number of piperazine rings is 1. The Labute approximate surface area is 191 Å². The second-order valence-corrected chi connectivity index (χ2v) is 10.1. The number of ether oxygens (including phenoxy) is 2. The first-order chi connectivity index (χ1) is 15.0. The van der Waals surface area contributed by atoms with Crippen molar-refractivity contribution in [3.63, 3.8) is 0 Å². The predicted molar refractivity (Wildman–Crippen MR) is 124 cm³/mol. The van der Waals surface area contributed by atoms with E-state index in [2.05, 4.69) is 0 Å². The summed E-state index contributed by atoms with van der Waals surface area (Å²) in [5, 5.41) is 0. The van der Waals surface area contributed by atoms with Crippen LogP contribution < -0.4 is 9.47 Å². The van der Waals surface area contributed by atoms with E-state index in [1.54, 1.807) is 30.2 Å². The fourth-order valence-corrected chi connectivity index (χ4v) is 6.25. The van der Waals surface area contributed by atoms with Crippen LogP contribution in [0.5, 0.6) is 11.5 Å². The Morgan fingerprint density at radius 3 is 1.78 bits per heavy atom. The van der Waals surface area contributed by atoms with E-state index in [-0.39, 0.29) is 19.0 Å². The number of hydrogen-bond acceptors (Lipinski definition) is 5. The number of carbonyl (C=O) groups excluding carboxylic acids is 1. The SMILES string of the molecule is COc1ccc(C(=O)N2CCN(S(=O)(=O)c3c(C)c(C)c(C)c(C)c3C)CC2)cc1OC. The number of carbonyl (C=O) groups is 1. The third-order valence-corrected chi connectivity index (χ3v) is 8.86. The summed E-state index contributed by atoms with van der Waals surface area (Å²) >= 11 is 0. The summed E-state index contributed by atoms with van der Waals surface area (Å²) in [5.74, 6) is 0.877. The van der Waals surface area contributed by atoms with Crippen LogP contribution in [-0.4, -0.2) is 63.9 Å². The lowest BCUT2D eigenvalue weighted by atomic mass is 9.95.